The van der Waals surface area contributed by atoms with Crippen LogP contribution in [0.25, 0.3) is 0 Å². The molecule has 6 nitrogen and oxygen atoms in total. The SMILES string of the molecule is C#Cc1cnc(C(=O)Nc2ccc(F)c([C@]3(C)C=C(CF)OC(N)=N3)c2)c(C(F)F)c1. The van der Waals surface area contributed by atoms with Gasteiger partial charge in [0, 0.05) is 23.0 Å². The van der Waals surface area contributed by atoms with Gasteiger partial charge in [0.2, 0.25) is 0 Å². The number of rotatable bonds is 5. The minimum Gasteiger partial charge on any atom is -0.428 e. The van der Waals surface area contributed by atoms with E-state index in [1.54, 1.807) is 0 Å². The Labute approximate surface area is 174 Å². The van der Waals surface area contributed by atoms with Gasteiger partial charge in [-0.25, -0.2) is 27.5 Å². The molecule has 10 heteroatoms. The fourth-order valence-corrected chi connectivity index (χ4v) is 3.06. The second-order valence-electron chi connectivity index (χ2n) is 6.70. The van der Waals surface area contributed by atoms with Crippen molar-refractivity contribution in [3.63, 3.8) is 0 Å². The van der Waals surface area contributed by atoms with E-state index in [0.717, 1.165) is 18.3 Å². The number of hydrogen-bond acceptors (Lipinski definition) is 5. The van der Waals surface area contributed by atoms with Gasteiger partial charge in [-0.1, -0.05) is 5.92 Å². The van der Waals surface area contributed by atoms with E-state index in [9.17, 15) is 22.4 Å². The van der Waals surface area contributed by atoms with Crippen LogP contribution in [-0.4, -0.2) is 23.6 Å². The van der Waals surface area contributed by atoms with E-state index in [2.05, 4.69) is 21.2 Å². The van der Waals surface area contributed by atoms with Crippen molar-refractivity contribution in [3.8, 4) is 12.3 Å². The zero-order valence-corrected chi connectivity index (χ0v) is 16.1. The lowest BCUT2D eigenvalue weighted by Gasteiger charge is -2.28. The summed E-state index contributed by atoms with van der Waals surface area (Å²) in [4.78, 5) is 20.3. The first-order valence-corrected chi connectivity index (χ1v) is 8.84. The molecule has 1 aromatic heterocycles. The number of ether oxygens (including phenoxy) is 1. The minimum absolute atomic E-state index is 0.0489. The number of aliphatic imine (C=N–C) groups is 1. The van der Waals surface area contributed by atoms with Crippen LogP contribution in [0.4, 0.5) is 23.2 Å². The number of carbonyl (C=O) groups is 1. The molecule has 160 valence electrons. The molecule has 0 spiro atoms. The number of hydrogen-bond donors (Lipinski definition) is 2. The molecule has 0 saturated heterocycles. The van der Waals surface area contributed by atoms with E-state index in [4.69, 9.17) is 16.9 Å². The minimum atomic E-state index is -2.99. The molecule has 3 N–H and O–H groups in total. The summed E-state index contributed by atoms with van der Waals surface area (Å²) >= 11 is 0. The van der Waals surface area contributed by atoms with E-state index in [1.165, 1.54) is 25.1 Å². The molecule has 0 aliphatic carbocycles. The fourth-order valence-electron chi connectivity index (χ4n) is 3.06. The number of nitrogens with one attached hydrogen (secondary N) is 1. The highest BCUT2D eigenvalue weighted by atomic mass is 19.3. The Morgan fingerprint density at radius 3 is 2.77 bits per heavy atom. The van der Waals surface area contributed by atoms with Gasteiger partial charge in [0.1, 0.15) is 29.5 Å². The predicted octanol–water partition coefficient (Wildman–Crippen LogP) is 3.81. The molecule has 1 aliphatic heterocycles. The number of nitrogens with two attached hydrogens (primary N) is 1. The number of aromatic nitrogens is 1. The Balaban J connectivity index is 1.97. The van der Waals surface area contributed by atoms with Crippen LogP contribution in [0.15, 0.2) is 47.3 Å². The molecule has 0 saturated carbocycles. The Hall–Kier alpha value is -3.87. The largest absolute Gasteiger partial charge is 0.428 e. The van der Waals surface area contributed by atoms with E-state index >= 15 is 0 Å². The van der Waals surface area contributed by atoms with Gasteiger partial charge in [0.25, 0.3) is 18.4 Å². The lowest BCUT2D eigenvalue weighted by atomic mass is 9.90. The van der Waals surface area contributed by atoms with Crippen LogP contribution in [0.3, 0.4) is 0 Å². The van der Waals surface area contributed by atoms with Crippen LogP contribution in [0.1, 0.15) is 40.5 Å². The van der Waals surface area contributed by atoms with Crippen LogP contribution < -0.4 is 11.1 Å². The molecule has 0 bridgehead atoms. The highest BCUT2D eigenvalue weighted by Gasteiger charge is 2.32. The summed E-state index contributed by atoms with van der Waals surface area (Å²) < 4.78 is 59.2. The van der Waals surface area contributed by atoms with Crippen molar-refractivity contribution in [1.29, 1.82) is 0 Å². The summed E-state index contributed by atoms with van der Waals surface area (Å²) in [5.41, 5.74) is 3.09. The molecule has 31 heavy (non-hydrogen) atoms. The summed E-state index contributed by atoms with van der Waals surface area (Å²) in [6, 6.07) is 4.14. The van der Waals surface area contributed by atoms with Gasteiger partial charge in [0.15, 0.2) is 0 Å². The molecule has 0 unspecified atom stereocenters. The zero-order valence-electron chi connectivity index (χ0n) is 16.1. The first kappa shape index (κ1) is 21.8. The van der Waals surface area contributed by atoms with Gasteiger partial charge >= 0.3 is 0 Å². The van der Waals surface area contributed by atoms with Crippen LogP contribution in [0.5, 0.6) is 0 Å². The molecule has 1 atom stereocenters. The number of carbonyl (C=O) groups excluding carboxylic acids is 1. The monoisotopic (exact) mass is 432 g/mol. The molecular formula is C21H16F4N4O2. The predicted molar refractivity (Wildman–Crippen MR) is 106 cm³/mol. The number of nitrogens with zero attached hydrogens (tertiary/aromatic N) is 2. The number of benzene rings is 1. The molecule has 2 heterocycles. The van der Waals surface area contributed by atoms with Gasteiger partial charge in [-0.3, -0.25) is 4.79 Å². The standard InChI is InChI=1S/C21H16F4N4O2/c1-3-11-6-14(18(24)25)17(27-10-11)19(30)28-12-4-5-16(23)15(7-12)21(2)8-13(9-22)31-20(26)29-21/h1,4-8,10,18H,9H2,2H3,(H2,26,29)(H,28,30)/t21-/m0/s1. The highest BCUT2D eigenvalue weighted by Crippen LogP contribution is 2.35. The van der Waals surface area contributed by atoms with Gasteiger partial charge in [-0.05, 0) is 37.3 Å². The molecule has 2 aromatic rings. The number of amidine groups is 1. The maximum atomic E-state index is 14.6. The molecule has 1 aromatic carbocycles. The molecule has 1 amide bonds. The van der Waals surface area contributed by atoms with Crippen molar-refractivity contribution in [3.05, 3.63) is 70.5 Å². The molecular weight excluding hydrogens is 416 g/mol. The van der Waals surface area contributed by atoms with Gasteiger partial charge in [0.05, 0.1) is 5.56 Å². The van der Waals surface area contributed by atoms with Crippen LogP contribution >= 0.6 is 0 Å². The third-order valence-corrected chi connectivity index (χ3v) is 4.46. The Kier molecular flexibility index (Phi) is 5.97. The van der Waals surface area contributed by atoms with E-state index < -0.39 is 41.6 Å². The van der Waals surface area contributed by atoms with Crippen molar-refractivity contribution in [2.45, 2.75) is 18.9 Å². The Morgan fingerprint density at radius 1 is 1.39 bits per heavy atom. The second kappa shape index (κ2) is 8.47. The van der Waals surface area contributed by atoms with Crippen molar-refractivity contribution in [1.82, 2.24) is 4.98 Å². The fraction of sp³-hybridized carbons (Fsp3) is 0.190. The molecule has 0 fully saturated rings. The summed E-state index contributed by atoms with van der Waals surface area (Å²) in [5, 5.41) is 2.39. The first-order valence-electron chi connectivity index (χ1n) is 8.84. The topological polar surface area (TPSA) is 89.6 Å². The van der Waals surface area contributed by atoms with Crippen LogP contribution in [0.2, 0.25) is 0 Å². The quantitative estimate of drug-likeness (QED) is 0.556. The molecule has 1 aliphatic rings. The van der Waals surface area contributed by atoms with Crippen LogP contribution in [0, 0.1) is 18.2 Å². The number of halogens is 4. The van der Waals surface area contributed by atoms with E-state index in [0.29, 0.717) is 0 Å². The molecule has 0 radical (unpaired) electrons. The average Bonchev–Trinajstić information content (AvgIpc) is 2.73. The third kappa shape index (κ3) is 4.50. The second-order valence-corrected chi connectivity index (χ2v) is 6.70. The van der Waals surface area contributed by atoms with Crippen molar-refractivity contribution in [2.75, 3.05) is 12.0 Å². The lowest BCUT2D eigenvalue weighted by molar-refractivity contribution is 0.100. The molecule has 3 rings (SSSR count). The maximum absolute atomic E-state index is 14.6. The number of allylic oxidation sites excluding steroid dienone is 1. The van der Waals surface area contributed by atoms with Crippen molar-refractivity contribution in [2.24, 2.45) is 10.7 Å². The van der Waals surface area contributed by atoms with Crippen molar-refractivity contribution >= 4 is 17.6 Å². The third-order valence-electron chi connectivity index (χ3n) is 4.46. The Bertz CT molecular complexity index is 1140. The van der Waals surface area contributed by atoms with E-state index in [-0.39, 0.29) is 28.6 Å². The summed E-state index contributed by atoms with van der Waals surface area (Å²) in [6.45, 7) is 0.483. The smallest absolute Gasteiger partial charge is 0.288 e. The number of amides is 1. The summed E-state index contributed by atoms with van der Waals surface area (Å²) in [7, 11) is 0. The lowest BCUT2D eigenvalue weighted by Crippen LogP contribution is -2.31. The number of terminal acetylenes is 1. The highest BCUT2D eigenvalue weighted by molar-refractivity contribution is 6.04. The van der Waals surface area contributed by atoms with Gasteiger partial charge < -0.3 is 15.8 Å². The maximum Gasteiger partial charge on any atom is 0.288 e. The number of anilines is 1. The van der Waals surface area contributed by atoms with Crippen molar-refractivity contribution < 1.29 is 27.1 Å². The summed E-state index contributed by atoms with van der Waals surface area (Å²) in [6.07, 6.45) is 4.56. The van der Waals surface area contributed by atoms with Gasteiger partial charge in [-0.15, -0.1) is 6.42 Å². The zero-order chi connectivity index (χ0) is 22.8. The Morgan fingerprint density at radius 2 is 2.13 bits per heavy atom. The number of alkyl halides is 3. The number of pyridine rings is 1. The first-order chi connectivity index (χ1) is 14.7. The van der Waals surface area contributed by atoms with Gasteiger partial charge in [-0.2, -0.15) is 0 Å². The normalized spacial score (nSPS) is 18.0. The summed E-state index contributed by atoms with van der Waals surface area (Å²) in [5.74, 6) is 0.363. The average molecular weight is 432 g/mol. The van der Waals surface area contributed by atoms with Crippen LogP contribution in [-0.2, 0) is 10.3 Å². The van der Waals surface area contributed by atoms with E-state index in [1.807, 2.05) is 0 Å².